The lowest BCUT2D eigenvalue weighted by Crippen LogP contribution is -2.42. The summed E-state index contributed by atoms with van der Waals surface area (Å²) < 4.78 is 0. The SMILES string of the molecule is NC(=NCC(O)(Cc1ccccc1)c1ccccc1)NC1CCCCC1. The normalized spacial score (nSPS) is 18.3. The van der Waals surface area contributed by atoms with Crippen LogP contribution in [-0.2, 0) is 12.0 Å². The standard InChI is InChI=1S/C22H29N3O/c23-21(25-20-14-8-3-9-15-20)24-17-22(26,19-12-6-2-7-13-19)16-18-10-4-1-5-11-18/h1-2,4-7,10-13,20,26H,3,8-9,14-17H2,(H3,23,24,25). The summed E-state index contributed by atoms with van der Waals surface area (Å²) >= 11 is 0. The molecule has 0 heterocycles. The van der Waals surface area contributed by atoms with Gasteiger partial charge in [-0.05, 0) is 24.0 Å². The van der Waals surface area contributed by atoms with Crippen LogP contribution in [0, 0.1) is 0 Å². The maximum atomic E-state index is 11.4. The van der Waals surface area contributed by atoms with Crippen molar-refractivity contribution >= 4 is 5.96 Å². The summed E-state index contributed by atoms with van der Waals surface area (Å²) in [4.78, 5) is 4.50. The quantitative estimate of drug-likeness (QED) is 0.552. The Morgan fingerprint density at radius 2 is 1.62 bits per heavy atom. The van der Waals surface area contributed by atoms with E-state index in [-0.39, 0.29) is 6.54 Å². The van der Waals surface area contributed by atoms with Gasteiger partial charge in [-0.15, -0.1) is 0 Å². The predicted molar refractivity (Wildman–Crippen MR) is 107 cm³/mol. The van der Waals surface area contributed by atoms with Gasteiger partial charge in [0.25, 0.3) is 0 Å². The van der Waals surface area contributed by atoms with Crippen molar-refractivity contribution in [3.8, 4) is 0 Å². The van der Waals surface area contributed by atoms with Crippen LogP contribution in [0.4, 0.5) is 0 Å². The number of benzene rings is 2. The molecule has 1 aliphatic carbocycles. The first-order valence-corrected chi connectivity index (χ1v) is 9.54. The highest BCUT2D eigenvalue weighted by Crippen LogP contribution is 2.26. The second-order valence-corrected chi connectivity index (χ2v) is 7.24. The van der Waals surface area contributed by atoms with Crippen molar-refractivity contribution in [1.82, 2.24) is 5.32 Å². The molecular weight excluding hydrogens is 322 g/mol. The number of nitrogens with zero attached hydrogens (tertiary/aromatic N) is 1. The van der Waals surface area contributed by atoms with Crippen LogP contribution in [0.5, 0.6) is 0 Å². The van der Waals surface area contributed by atoms with Crippen LogP contribution < -0.4 is 11.1 Å². The zero-order chi connectivity index (χ0) is 18.2. The maximum absolute atomic E-state index is 11.4. The Morgan fingerprint density at radius 1 is 1.00 bits per heavy atom. The highest BCUT2D eigenvalue weighted by atomic mass is 16.3. The van der Waals surface area contributed by atoms with Crippen LogP contribution in [0.1, 0.15) is 43.2 Å². The minimum absolute atomic E-state index is 0.234. The third kappa shape index (κ3) is 5.09. The Morgan fingerprint density at radius 3 is 2.27 bits per heavy atom. The fraction of sp³-hybridized carbons (Fsp3) is 0.409. The summed E-state index contributed by atoms with van der Waals surface area (Å²) in [5.74, 6) is 0.430. The van der Waals surface area contributed by atoms with Crippen LogP contribution in [0.3, 0.4) is 0 Å². The molecule has 0 aromatic heterocycles. The van der Waals surface area contributed by atoms with E-state index in [0.29, 0.717) is 18.4 Å². The molecule has 4 N–H and O–H groups in total. The highest BCUT2D eigenvalue weighted by molar-refractivity contribution is 5.78. The van der Waals surface area contributed by atoms with Gasteiger partial charge in [-0.3, -0.25) is 4.99 Å². The predicted octanol–water partition coefficient (Wildman–Crippen LogP) is 3.35. The van der Waals surface area contributed by atoms with Gasteiger partial charge in [-0.25, -0.2) is 0 Å². The Bertz CT molecular complexity index is 696. The number of aliphatic imine (C=N–C) groups is 1. The molecule has 2 aromatic carbocycles. The van der Waals surface area contributed by atoms with Gasteiger partial charge in [0.15, 0.2) is 5.96 Å². The van der Waals surface area contributed by atoms with Gasteiger partial charge in [0.05, 0.1) is 6.54 Å². The van der Waals surface area contributed by atoms with Gasteiger partial charge in [0, 0.05) is 12.5 Å². The first kappa shape index (κ1) is 18.5. The van der Waals surface area contributed by atoms with E-state index in [9.17, 15) is 5.11 Å². The van der Waals surface area contributed by atoms with Crippen molar-refractivity contribution in [2.24, 2.45) is 10.7 Å². The summed E-state index contributed by atoms with van der Waals surface area (Å²) in [5, 5.41) is 14.7. The molecule has 0 saturated heterocycles. The van der Waals surface area contributed by atoms with E-state index in [4.69, 9.17) is 5.73 Å². The van der Waals surface area contributed by atoms with Crippen LogP contribution in [0.25, 0.3) is 0 Å². The number of guanidine groups is 1. The Kier molecular flexibility index (Phi) is 6.29. The first-order valence-electron chi connectivity index (χ1n) is 9.54. The molecule has 1 unspecified atom stereocenters. The van der Waals surface area contributed by atoms with E-state index in [1.54, 1.807) is 0 Å². The van der Waals surface area contributed by atoms with Gasteiger partial charge >= 0.3 is 0 Å². The maximum Gasteiger partial charge on any atom is 0.188 e. The van der Waals surface area contributed by atoms with Gasteiger partial charge in [0.1, 0.15) is 5.60 Å². The Labute approximate surface area is 156 Å². The summed E-state index contributed by atoms with van der Waals surface area (Å²) in [6.07, 6.45) is 6.57. The van der Waals surface area contributed by atoms with Crippen molar-refractivity contribution in [3.05, 3.63) is 71.8 Å². The van der Waals surface area contributed by atoms with Crippen molar-refractivity contribution in [3.63, 3.8) is 0 Å². The van der Waals surface area contributed by atoms with Crippen molar-refractivity contribution in [2.45, 2.75) is 50.2 Å². The summed E-state index contributed by atoms with van der Waals surface area (Å²) in [6.45, 7) is 0.234. The molecule has 1 aliphatic rings. The molecule has 1 saturated carbocycles. The molecule has 4 heteroatoms. The number of nitrogens with two attached hydrogens (primary N) is 1. The largest absolute Gasteiger partial charge is 0.383 e. The van der Waals surface area contributed by atoms with Crippen molar-refractivity contribution < 1.29 is 5.11 Å². The Hall–Kier alpha value is -2.33. The lowest BCUT2D eigenvalue weighted by Gasteiger charge is -2.28. The molecule has 0 spiro atoms. The van der Waals surface area contributed by atoms with E-state index in [0.717, 1.165) is 24.0 Å². The van der Waals surface area contributed by atoms with E-state index in [1.165, 1.54) is 19.3 Å². The average Bonchev–Trinajstić information content (AvgIpc) is 2.69. The molecular formula is C22H29N3O. The number of rotatable bonds is 6. The summed E-state index contributed by atoms with van der Waals surface area (Å²) in [7, 11) is 0. The molecule has 1 fully saturated rings. The van der Waals surface area contributed by atoms with E-state index in [2.05, 4.69) is 10.3 Å². The summed E-state index contributed by atoms with van der Waals surface area (Å²) in [6, 6.07) is 20.2. The molecule has 0 bridgehead atoms. The van der Waals surface area contributed by atoms with Gasteiger partial charge in [-0.2, -0.15) is 0 Å². The topological polar surface area (TPSA) is 70.6 Å². The monoisotopic (exact) mass is 351 g/mol. The minimum Gasteiger partial charge on any atom is -0.383 e. The van der Waals surface area contributed by atoms with Crippen molar-refractivity contribution in [2.75, 3.05) is 6.54 Å². The van der Waals surface area contributed by atoms with E-state index >= 15 is 0 Å². The third-order valence-corrected chi connectivity index (χ3v) is 5.12. The molecule has 0 amide bonds. The van der Waals surface area contributed by atoms with Crippen molar-refractivity contribution in [1.29, 1.82) is 0 Å². The van der Waals surface area contributed by atoms with Crippen LogP contribution in [0.2, 0.25) is 0 Å². The molecule has 2 aromatic rings. The number of aliphatic hydroxyl groups is 1. The fourth-order valence-electron chi connectivity index (χ4n) is 3.65. The molecule has 0 radical (unpaired) electrons. The van der Waals surface area contributed by atoms with Gasteiger partial charge in [-0.1, -0.05) is 79.9 Å². The molecule has 1 atom stereocenters. The average molecular weight is 351 g/mol. The minimum atomic E-state index is -1.08. The van der Waals surface area contributed by atoms with Crippen LogP contribution in [-0.4, -0.2) is 23.7 Å². The second-order valence-electron chi connectivity index (χ2n) is 7.24. The van der Waals surface area contributed by atoms with Gasteiger partial charge in [0.2, 0.25) is 0 Å². The van der Waals surface area contributed by atoms with Gasteiger partial charge < -0.3 is 16.2 Å². The molecule has 4 nitrogen and oxygen atoms in total. The fourth-order valence-corrected chi connectivity index (χ4v) is 3.65. The highest BCUT2D eigenvalue weighted by Gasteiger charge is 2.29. The second kappa shape index (κ2) is 8.86. The third-order valence-electron chi connectivity index (χ3n) is 5.12. The zero-order valence-corrected chi connectivity index (χ0v) is 15.3. The lowest BCUT2D eigenvalue weighted by molar-refractivity contribution is 0.0467. The molecule has 138 valence electrons. The Balaban J connectivity index is 1.74. The van der Waals surface area contributed by atoms with Crippen LogP contribution in [0.15, 0.2) is 65.7 Å². The number of nitrogens with one attached hydrogen (secondary N) is 1. The molecule has 26 heavy (non-hydrogen) atoms. The smallest absolute Gasteiger partial charge is 0.188 e. The first-order chi connectivity index (χ1) is 12.7. The zero-order valence-electron chi connectivity index (χ0n) is 15.3. The van der Waals surface area contributed by atoms with Crippen LogP contribution >= 0.6 is 0 Å². The summed E-state index contributed by atoms with van der Waals surface area (Å²) in [5.41, 5.74) is 6.97. The van der Waals surface area contributed by atoms with E-state index < -0.39 is 5.60 Å². The number of hydrogen-bond donors (Lipinski definition) is 3. The molecule has 3 rings (SSSR count). The van der Waals surface area contributed by atoms with E-state index in [1.807, 2.05) is 60.7 Å². The molecule has 0 aliphatic heterocycles. The lowest BCUT2D eigenvalue weighted by atomic mass is 9.87. The number of hydrogen-bond acceptors (Lipinski definition) is 2.